The summed E-state index contributed by atoms with van der Waals surface area (Å²) in [5.41, 5.74) is 14.7. The molecule has 0 saturated heterocycles. The van der Waals surface area contributed by atoms with Gasteiger partial charge in [0.15, 0.2) is 0 Å². The summed E-state index contributed by atoms with van der Waals surface area (Å²) >= 11 is 6.22. The van der Waals surface area contributed by atoms with Crippen LogP contribution in [0.3, 0.4) is 0 Å². The van der Waals surface area contributed by atoms with Crippen LogP contribution in [0, 0.1) is 20.8 Å². The van der Waals surface area contributed by atoms with Crippen molar-refractivity contribution in [1.82, 2.24) is 0 Å². The Balaban J connectivity index is 0.000000467. The second-order valence-corrected chi connectivity index (χ2v) is 15.2. The fraction of sp³-hybridized carbons (Fsp3) is 0.396. The Bertz CT molecular complexity index is 2840. The lowest BCUT2D eigenvalue weighted by Crippen LogP contribution is -1.95. The van der Waals surface area contributed by atoms with Crippen molar-refractivity contribution in [3.05, 3.63) is 90.0 Å². The highest BCUT2D eigenvalue weighted by atomic mass is 35.5. The van der Waals surface area contributed by atoms with E-state index < -0.39 is 0 Å². The summed E-state index contributed by atoms with van der Waals surface area (Å²) in [5, 5.41) is 0.484. The van der Waals surface area contributed by atoms with Gasteiger partial charge in [-0.25, -0.2) is 38.4 Å². The van der Waals surface area contributed by atoms with Gasteiger partial charge >= 0.3 is 0 Å². The van der Waals surface area contributed by atoms with E-state index in [1.165, 1.54) is 12.2 Å². The summed E-state index contributed by atoms with van der Waals surface area (Å²) in [4.78, 5) is 114. The monoisotopic (exact) mass is 968 g/mol. The third-order valence-electron chi connectivity index (χ3n) is 11.2. The topological polar surface area (TPSA) is 235 Å². The third kappa shape index (κ3) is 15.1. The minimum Gasteiger partial charge on any atom is -0.211 e. The average molecular weight is 970 g/mol. The Labute approximate surface area is 413 Å². The molecule has 364 valence electrons. The van der Waals surface area contributed by atoms with Gasteiger partial charge in [-0.15, -0.1) is 0 Å². The number of hydrogen-bond acceptors (Lipinski definition) is 16. The normalized spacial score (nSPS) is 9.44. The quantitative estimate of drug-likeness (QED) is 0.0727. The maximum absolute atomic E-state index is 10.5. The highest BCUT2D eigenvalue weighted by Gasteiger charge is 2.20. The number of aliphatic imine (C=N–C) groups is 8. The molecular weight excluding hydrogens is 912 g/mol. The number of carbonyl (C=O) groups excluding carboxylic acids is 8. The number of aryl methyl sites for hydroxylation is 6. The van der Waals surface area contributed by atoms with Crippen molar-refractivity contribution < 1.29 is 38.4 Å². The summed E-state index contributed by atoms with van der Waals surface area (Å²) in [5.74, 6) is 0. The van der Waals surface area contributed by atoms with Gasteiger partial charge in [-0.05, 0) is 123 Å². The first-order valence-electron chi connectivity index (χ1n) is 22.7. The molecule has 0 aliphatic heterocycles. The van der Waals surface area contributed by atoms with Gasteiger partial charge in [-0.1, -0.05) is 92.1 Å². The van der Waals surface area contributed by atoms with Gasteiger partial charge in [-0.3, -0.25) is 0 Å². The molecule has 0 aliphatic rings. The molecule has 0 saturated carbocycles. The van der Waals surface area contributed by atoms with E-state index in [2.05, 4.69) is 39.9 Å². The highest BCUT2D eigenvalue weighted by molar-refractivity contribution is 6.33. The predicted octanol–water partition coefficient (Wildman–Crippen LogP) is 13.1. The maximum atomic E-state index is 10.5. The lowest BCUT2D eigenvalue weighted by atomic mass is 9.95. The average Bonchev–Trinajstić information content (AvgIpc) is 3.36. The fourth-order valence-electron chi connectivity index (χ4n) is 7.90. The van der Waals surface area contributed by atoms with Gasteiger partial charge in [-0.2, -0.15) is 39.9 Å². The van der Waals surface area contributed by atoms with E-state index in [4.69, 9.17) is 11.6 Å². The van der Waals surface area contributed by atoms with Crippen LogP contribution < -0.4 is 0 Å². The van der Waals surface area contributed by atoms with Crippen LogP contribution in [0.4, 0.5) is 45.5 Å². The van der Waals surface area contributed by atoms with Crippen LogP contribution in [0.25, 0.3) is 0 Å². The Morgan fingerprint density at radius 3 is 0.900 bits per heavy atom. The zero-order chi connectivity index (χ0) is 52.9. The van der Waals surface area contributed by atoms with Gasteiger partial charge in [0.05, 0.1) is 50.5 Å². The van der Waals surface area contributed by atoms with Gasteiger partial charge < -0.3 is 0 Å². The van der Waals surface area contributed by atoms with Crippen molar-refractivity contribution in [3.8, 4) is 0 Å². The van der Waals surface area contributed by atoms with Crippen molar-refractivity contribution in [2.75, 3.05) is 0 Å². The fourth-order valence-corrected chi connectivity index (χ4v) is 8.21. The number of halogens is 1. The van der Waals surface area contributed by atoms with Crippen molar-refractivity contribution in [1.29, 1.82) is 0 Å². The highest BCUT2D eigenvalue weighted by Crippen LogP contribution is 2.42. The molecule has 16 nitrogen and oxygen atoms in total. The molecule has 4 aromatic carbocycles. The Kier molecular flexibility index (Phi) is 27.6. The first-order valence-corrected chi connectivity index (χ1v) is 23.1. The van der Waals surface area contributed by atoms with E-state index in [1.54, 1.807) is 50.3 Å². The summed E-state index contributed by atoms with van der Waals surface area (Å²) < 4.78 is 0. The van der Waals surface area contributed by atoms with Gasteiger partial charge in [0, 0.05) is 22.3 Å². The minimum atomic E-state index is 0.448. The number of isocyanates is 8. The Hall–Kier alpha value is -7.79. The lowest BCUT2D eigenvalue weighted by molar-refractivity contribution is 0.564. The molecule has 0 heterocycles. The van der Waals surface area contributed by atoms with Crippen LogP contribution in [-0.2, 0) is 96.1 Å². The summed E-state index contributed by atoms with van der Waals surface area (Å²) in [6.45, 7) is 23.1. The van der Waals surface area contributed by atoms with Crippen LogP contribution in [-0.4, -0.2) is 48.6 Å². The van der Waals surface area contributed by atoms with Crippen molar-refractivity contribution >= 4 is 106 Å². The van der Waals surface area contributed by atoms with Crippen molar-refractivity contribution in [3.63, 3.8) is 0 Å². The smallest absolute Gasteiger partial charge is 0.211 e. The molecule has 0 amide bonds. The molecule has 0 N–H and O–H groups in total. The largest absolute Gasteiger partial charge is 0.240 e. The molecule has 0 radical (unpaired) electrons. The minimum absolute atomic E-state index is 0.448. The molecule has 4 aromatic rings. The van der Waals surface area contributed by atoms with E-state index >= 15 is 0 Å². The number of rotatable bonds is 17. The molecule has 0 unspecified atom stereocenters. The van der Waals surface area contributed by atoms with Gasteiger partial charge in [0.2, 0.25) is 48.6 Å². The lowest BCUT2D eigenvalue weighted by Gasteiger charge is -2.15. The first kappa shape index (κ1) is 60.2. The number of nitrogens with zero attached hydrogens (tertiary/aromatic N) is 8. The van der Waals surface area contributed by atoms with Gasteiger partial charge in [0.1, 0.15) is 0 Å². The summed E-state index contributed by atoms with van der Waals surface area (Å²) in [7, 11) is 0. The maximum Gasteiger partial charge on any atom is 0.240 e. The Morgan fingerprint density at radius 1 is 0.314 bits per heavy atom. The molecule has 4 rings (SSSR count). The summed E-state index contributed by atoms with van der Waals surface area (Å²) in [6, 6.07) is 5.77. The zero-order valence-electron chi connectivity index (χ0n) is 41.8. The van der Waals surface area contributed by atoms with Crippen LogP contribution >= 0.6 is 11.6 Å². The second-order valence-electron chi connectivity index (χ2n) is 14.8. The van der Waals surface area contributed by atoms with E-state index in [9.17, 15) is 38.4 Å². The molecule has 70 heavy (non-hydrogen) atoms. The van der Waals surface area contributed by atoms with Crippen molar-refractivity contribution in [2.45, 2.75) is 141 Å². The van der Waals surface area contributed by atoms with E-state index in [-0.39, 0.29) is 0 Å². The molecule has 0 spiro atoms. The molecular formula is C53H57ClN8O8. The SMILES string of the molecule is CCc1c(Cl)c(C)c(N=C=O)c(CC)c1N=C=O.CCc1cc(C)c(N=C=O)c(CC)c1N=C=O.CCc1cc(CC)c(N=C=O)c(C)c1N=C=O.CCc1cc(CC)c(N=C=O)c(CC)c1N=C=O. The molecule has 0 bridgehead atoms. The molecule has 0 fully saturated rings. The van der Waals surface area contributed by atoms with Crippen LogP contribution in [0.1, 0.15) is 129 Å². The van der Waals surface area contributed by atoms with E-state index in [1.807, 2.05) is 87.4 Å². The van der Waals surface area contributed by atoms with E-state index in [0.717, 1.165) is 93.3 Å². The van der Waals surface area contributed by atoms with Crippen LogP contribution in [0.2, 0.25) is 5.02 Å². The molecule has 0 atom stereocenters. The number of benzene rings is 4. The molecule has 17 heteroatoms. The predicted molar refractivity (Wildman–Crippen MR) is 272 cm³/mol. The van der Waals surface area contributed by atoms with Crippen molar-refractivity contribution in [2.24, 2.45) is 39.9 Å². The third-order valence-corrected chi connectivity index (χ3v) is 11.7. The standard InChI is InChI=1S/C14H16N2O2.C13H13ClN2O2.2C13H14N2O2/c1-4-10-7-11(5-2)14(16-9-18)12(6-3)13(10)15-8-17;1-4-9-11(14)8(3)12(15-6-17)10(5-2)13(9)16-7-18;1-4-10-6-11(5-2)13(15-8-17)9(3)12(10)14-7-16;1-4-10-6-9(3)12(14-7-16)11(5-2)13(10)15-8-17/h7H,4-6H2,1-3H3;4-5H2,1-3H3;2*6H,4-5H2,1-3H3. The van der Waals surface area contributed by atoms with Crippen LogP contribution in [0.5, 0.6) is 0 Å². The van der Waals surface area contributed by atoms with Crippen LogP contribution in [0.15, 0.2) is 58.1 Å². The first-order chi connectivity index (χ1) is 33.7. The number of hydrogen-bond donors (Lipinski definition) is 0. The molecule has 0 aliphatic carbocycles. The van der Waals surface area contributed by atoms with E-state index in [0.29, 0.717) is 81.8 Å². The Morgan fingerprint density at radius 2 is 0.571 bits per heavy atom. The zero-order valence-corrected chi connectivity index (χ0v) is 42.6. The second kappa shape index (κ2) is 32.0. The van der Waals surface area contributed by atoms with Gasteiger partial charge in [0.25, 0.3) is 0 Å². The summed E-state index contributed by atoms with van der Waals surface area (Å²) in [6.07, 6.45) is 18.7. The molecule has 0 aromatic heterocycles.